The molecule has 2 heterocycles. The highest BCUT2D eigenvalue weighted by molar-refractivity contribution is 5.44. The number of aromatic nitrogens is 2. The van der Waals surface area contributed by atoms with Crippen molar-refractivity contribution in [3.05, 3.63) is 52.1 Å². The zero-order chi connectivity index (χ0) is 15.9. The minimum atomic E-state index is -0.332. The van der Waals surface area contributed by atoms with Gasteiger partial charge in [0.2, 0.25) is 0 Å². The fourth-order valence-corrected chi connectivity index (χ4v) is 2.77. The monoisotopic (exact) mass is 294 g/mol. The molecule has 3 rings (SSSR count). The zero-order valence-electron chi connectivity index (χ0n) is 13.0. The Balaban J connectivity index is 2.27. The van der Waals surface area contributed by atoms with Gasteiger partial charge in [-0.3, -0.25) is 5.41 Å². The van der Waals surface area contributed by atoms with E-state index in [2.05, 4.69) is 11.2 Å². The summed E-state index contributed by atoms with van der Waals surface area (Å²) in [5.41, 5.74) is 3.61. The van der Waals surface area contributed by atoms with E-state index in [-0.39, 0.29) is 11.1 Å². The van der Waals surface area contributed by atoms with Gasteiger partial charge in [0, 0.05) is 12.0 Å². The van der Waals surface area contributed by atoms with Crippen molar-refractivity contribution >= 4 is 0 Å². The maximum atomic E-state index is 9.53. The Labute approximate surface area is 129 Å². The molecule has 0 bridgehead atoms. The second-order valence-corrected chi connectivity index (χ2v) is 6.18. The van der Waals surface area contributed by atoms with E-state index >= 15 is 0 Å². The van der Waals surface area contributed by atoms with Gasteiger partial charge in [-0.05, 0) is 32.4 Å². The summed E-state index contributed by atoms with van der Waals surface area (Å²) in [5.74, 6) is 0. The molecule has 112 valence electrons. The maximum absolute atomic E-state index is 9.53. The molecule has 0 atom stereocenters. The predicted molar refractivity (Wildman–Crippen MR) is 81.4 cm³/mol. The first-order valence-electron chi connectivity index (χ1n) is 7.23. The van der Waals surface area contributed by atoms with Crippen LogP contribution in [0.4, 0.5) is 0 Å². The van der Waals surface area contributed by atoms with Crippen molar-refractivity contribution in [2.45, 2.75) is 39.4 Å². The van der Waals surface area contributed by atoms with Crippen LogP contribution in [0.5, 0.6) is 0 Å². The second-order valence-electron chi connectivity index (χ2n) is 6.18. The molecule has 0 aliphatic carbocycles. The van der Waals surface area contributed by atoms with Crippen LogP contribution >= 0.6 is 0 Å². The summed E-state index contributed by atoms with van der Waals surface area (Å²) < 4.78 is 7.34. The minimum absolute atomic E-state index is 0.133. The van der Waals surface area contributed by atoms with Crippen LogP contribution < -0.4 is 5.49 Å². The van der Waals surface area contributed by atoms with E-state index in [1.165, 1.54) is 4.68 Å². The van der Waals surface area contributed by atoms with E-state index in [1.54, 1.807) is 0 Å². The Hall–Kier alpha value is -2.45. The second kappa shape index (κ2) is 5.08. The summed E-state index contributed by atoms with van der Waals surface area (Å²) in [4.78, 5) is 0. The van der Waals surface area contributed by atoms with Gasteiger partial charge in [-0.15, -0.1) is 0 Å². The molecular formula is C17H18N4O. The number of para-hydroxylation sites is 1. The van der Waals surface area contributed by atoms with Crippen LogP contribution in [-0.4, -0.2) is 15.4 Å². The Morgan fingerprint density at radius 1 is 1.36 bits per heavy atom. The highest BCUT2D eigenvalue weighted by Gasteiger charge is 2.30. The van der Waals surface area contributed by atoms with Crippen LogP contribution in [0.3, 0.4) is 0 Å². The topological polar surface area (TPSA) is 74.7 Å². The average Bonchev–Trinajstić information content (AvgIpc) is 2.47. The normalized spacial score (nSPS) is 15.9. The molecule has 0 amide bonds. The van der Waals surface area contributed by atoms with Gasteiger partial charge in [0.05, 0.1) is 23.6 Å². The number of fused-ring (bicyclic) bond motifs is 1. The third-order valence-corrected chi connectivity index (χ3v) is 3.98. The molecule has 0 unspecified atom stereocenters. The third kappa shape index (κ3) is 2.32. The Bertz CT molecular complexity index is 843. The van der Waals surface area contributed by atoms with Crippen molar-refractivity contribution in [3.63, 3.8) is 0 Å². The molecule has 0 fully saturated rings. The number of benzene rings is 1. The van der Waals surface area contributed by atoms with Crippen LogP contribution in [0.25, 0.3) is 5.69 Å². The maximum Gasteiger partial charge on any atom is 0.165 e. The van der Waals surface area contributed by atoms with Gasteiger partial charge >= 0.3 is 0 Å². The summed E-state index contributed by atoms with van der Waals surface area (Å²) in [5, 5.41) is 22.5. The van der Waals surface area contributed by atoms with Gasteiger partial charge in [0.1, 0.15) is 11.6 Å². The molecule has 0 saturated carbocycles. The van der Waals surface area contributed by atoms with Crippen molar-refractivity contribution in [1.82, 2.24) is 9.78 Å². The van der Waals surface area contributed by atoms with Crippen LogP contribution in [0.2, 0.25) is 0 Å². The number of ether oxygens (including phenoxy) is 1. The molecule has 5 nitrogen and oxygen atoms in total. The lowest BCUT2D eigenvalue weighted by Gasteiger charge is -2.32. The van der Waals surface area contributed by atoms with Gasteiger partial charge in [-0.1, -0.05) is 18.2 Å². The zero-order valence-corrected chi connectivity index (χ0v) is 13.0. The molecule has 0 saturated heterocycles. The predicted octanol–water partition coefficient (Wildman–Crippen LogP) is 2.38. The van der Waals surface area contributed by atoms with Gasteiger partial charge in [-0.2, -0.15) is 10.4 Å². The van der Waals surface area contributed by atoms with E-state index in [0.29, 0.717) is 18.6 Å². The van der Waals surface area contributed by atoms with E-state index in [0.717, 1.165) is 22.5 Å². The van der Waals surface area contributed by atoms with Crippen LogP contribution in [0.15, 0.2) is 24.3 Å². The standard InChI is InChI=1S/C17H18N4O/c1-11-6-4-5-7-15(11)21-16(19)13(9-18)12-8-17(2,3)22-10-14(12)20-21/h4-7,19H,8,10H2,1-3H3. The van der Waals surface area contributed by atoms with E-state index in [4.69, 9.17) is 10.1 Å². The van der Waals surface area contributed by atoms with Crippen molar-refractivity contribution in [2.24, 2.45) is 0 Å². The number of nitrogens with zero attached hydrogens (tertiary/aromatic N) is 3. The molecule has 2 aromatic rings. The number of hydrogen-bond acceptors (Lipinski definition) is 4. The quantitative estimate of drug-likeness (QED) is 0.877. The molecule has 5 heteroatoms. The van der Waals surface area contributed by atoms with Crippen LogP contribution in [0, 0.1) is 23.7 Å². The van der Waals surface area contributed by atoms with E-state index < -0.39 is 0 Å². The summed E-state index contributed by atoms with van der Waals surface area (Å²) in [6, 6.07) is 9.91. The number of hydrogen-bond donors (Lipinski definition) is 1. The summed E-state index contributed by atoms with van der Waals surface area (Å²) in [6.07, 6.45) is 0.596. The molecule has 1 N–H and O–H groups in total. The Morgan fingerprint density at radius 2 is 2.09 bits per heavy atom. The molecule has 1 aliphatic rings. The fraction of sp³-hybridized carbons (Fsp3) is 0.353. The first kappa shape index (κ1) is 14.5. The van der Waals surface area contributed by atoms with Gasteiger partial charge < -0.3 is 4.74 Å². The lowest BCUT2D eigenvalue weighted by Crippen LogP contribution is -2.37. The highest BCUT2D eigenvalue weighted by Crippen LogP contribution is 2.27. The molecular weight excluding hydrogens is 276 g/mol. The number of nitriles is 1. The third-order valence-electron chi connectivity index (χ3n) is 3.98. The largest absolute Gasteiger partial charge is 0.369 e. The number of nitrogens with one attached hydrogen (secondary N) is 1. The van der Waals surface area contributed by atoms with Gasteiger partial charge in [-0.25, -0.2) is 4.68 Å². The number of aryl methyl sites for hydroxylation is 1. The summed E-state index contributed by atoms with van der Waals surface area (Å²) >= 11 is 0. The molecule has 1 aliphatic heterocycles. The van der Waals surface area contributed by atoms with Crippen molar-refractivity contribution in [2.75, 3.05) is 0 Å². The van der Waals surface area contributed by atoms with Crippen LogP contribution in [0.1, 0.15) is 36.2 Å². The first-order valence-corrected chi connectivity index (χ1v) is 7.23. The summed E-state index contributed by atoms with van der Waals surface area (Å²) in [7, 11) is 0. The summed E-state index contributed by atoms with van der Waals surface area (Å²) in [6.45, 7) is 6.31. The first-order chi connectivity index (χ1) is 10.4. The Kier molecular flexibility index (Phi) is 3.34. The fourth-order valence-electron chi connectivity index (χ4n) is 2.77. The Morgan fingerprint density at radius 3 is 2.77 bits per heavy atom. The average molecular weight is 294 g/mol. The smallest absolute Gasteiger partial charge is 0.165 e. The SMILES string of the molecule is Cc1ccccc1-n1nc2c(c(C#N)c1=N)CC(C)(C)OC2. The van der Waals surface area contributed by atoms with Crippen LogP contribution in [-0.2, 0) is 17.8 Å². The van der Waals surface area contributed by atoms with Gasteiger partial charge in [0.25, 0.3) is 0 Å². The highest BCUT2D eigenvalue weighted by atomic mass is 16.5. The molecule has 22 heavy (non-hydrogen) atoms. The van der Waals surface area contributed by atoms with E-state index in [1.807, 2.05) is 45.0 Å². The number of rotatable bonds is 1. The minimum Gasteiger partial charge on any atom is -0.369 e. The molecule has 0 radical (unpaired) electrons. The lowest BCUT2D eigenvalue weighted by molar-refractivity contribution is -0.0428. The van der Waals surface area contributed by atoms with E-state index in [9.17, 15) is 5.26 Å². The molecule has 1 aromatic carbocycles. The van der Waals surface area contributed by atoms with Crippen molar-refractivity contribution in [3.8, 4) is 11.8 Å². The van der Waals surface area contributed by atoms with Crippen molar-refractivity contribution < 1.29 is 4.74 Å². The van der Waals surface area contributed by atoms with Crippen molar-refractivity contribution in [1.29, 1.82) is 10.7 Å². The lowest BCUT2D eigenvalue weighted by atomic mass is 9.92. The molecule has 1 aromatic heterocycles. The molecule has 0 spiro atoms. The van der Waals surface area contributed by atoms with Gasteiger partial charge in [0.15, 0.2) is 5.49 Å².